The van der Waals surface area contributed by atoms with E-state index in [4.69, 9.17) is 10.2 Å². The molecule has 0 radical (unpaired) electrons. The molecular weight excluding hydrogens is 390 g/mol. The fourth-order valence-corrected chi connectivity index (χ4v) is 3.04. The van der Waals surface area contributed by atoms with Gasteiger partial charge in [-0.2, -0.15) is 0 Å². The average molecular weight is 413 g/mol. The van der Waals surface area contributed by atoms with Crippen LogP contribution < -0.4 is 11.1 Å². The molecule has 4 aromatic rings. The molecule has 0 aliphatic heterocycles. The van der Waals surface area contributed by atoms with E-state index in [0.717, 1.165) is 22.3 Å². The Morgan fingerprint density at radius 1 is 0.935 bits per heavy atom. The molecule has 0 unspecified atom stereocenters. The molecule has 0 saturated heterocycles. The van der Waals surface area contributed by atoms with Crippen molar-refractivity contribution >= 4 is 11.6 Å². The number of nitrogens with zero attached hydrogens (tertiary/aromatic N) is 1. The number of rotatable bonds is 6. The zero-order valence-electron chi connectivity index (χ0n) is 17.1. The van der Waals surface area contributed by atoms with E-state index in [1.165, 1.54) is 6.92 Å². The van der Waals surface area contributed by atoms with Gasteiger partial charge in [-0.15, -0.1) is 0 Å². The molecule has 6 heteroatoms. The number of hydrogen-bond acceptors (Lipinski definition) is 5. The lowest BCUT2D eigenvalue weighted by Crippen LogP contribution is -2.51. The van der Waals surface area contributed by atoms with Crippen molar-refractivity contribution in [2.24, 2.45) is 5.73 Å². The van der Waals surface area contributed by atoms with E-state index < -0.39 is 18.1 Å². The molecular formula is C25H23N3O3. The zero-order chi connectivity index (χ0) is 21.8. The first-order chi connectivity index (χ1) is 15.0. The number of nitrogens with one attached hydrogen (secondary N) is 1. The van der Waals surface area contributed by atoms with Crippen molar-refractivity contribution in [2.45, 2.75) is 12.5 Å². The van der Waals surface area contributed by atoms with Crippen molar-refractivity contribution in [1.82, 2.24) is 4.98 Å². The van der Waals surface area contributed by atoms with Crippen molar-refractivity contribution in [2.75, 3.05) is 11.9 Å². The van der Waals surface area contributed by atoms with Crippen LogP contribution in [0.15, 0.2) is 89.5 Å². The van der Waals surface area contributed by atoms with Crippen molar-refractivity contribution in [3.63, 3.8) is 0 Å². The number of aliphatic hydroxyl groups is 1. The molecule has 1 heterocycles. The summed E-state index contributed by atoms with van der Waals surface area (Å²) in [7, 11) is 0. The quantitative estimate of drug-likeness (QED) is 0.437. The number of aliphatic hydroxyl groups excluding tert-OH is 1. The van der Waals surface area contributed by atoms with Gasteiger partial charge in [0.2, 0.25) is 11.8 Å². The molecule has 0 spiro atoms. The number of carbonyl (C=O) groups excluding carboxylic acids is 1. The van der Waals surface area contributed by atoms with Gasteiger partial charge in [-0.05, 0) is 42.3 Å². The molecule has 6 nitrogen and oxygen atoms in total. The van der Waals surface area contributed by atoms with Crippen LogP contribution in [-0.4, -0.2) is 28.1 Å². The highest BCUT2D eigenvalue weighted by Gasteiger charge is 2.27. The minimum absolute atomic E-state index is 0.440. The number of aromatic nitrogens is 1. The number of benzene rings is 3. The first-order valence-electron chi connectivity index (χ1n) is 9.89. The Labute approximate surface area is 180 Å². The second-order valence-corrected chi connectivity index (χ2v) is 7.59. The highest BCUT2D eigenvalue weighted by Crippen LogP contribution is 2.28. The highest BCUT2D eigenvalue weighted by atomic mass is 16.3. The third-order valence-electron chi connectivity index (χ3n) is 5.03. The molecule has 4 N–H and O–H groups in total. The topological polar surface area (TPSA) is 101 Å². The predicted molar refractivity (Wildman–Crippen MR) is 121 cm³/mol. The van der Waals surface area contributed by atoms with Crippen LogP contribution in [-0.2, 0) is 4.79 Å². The van der Waals surface area contributed by atoms with Crippen molar-refractivity contribution in [3.8, 4) is 33.8 Å². The van der Waals surface area contributed by atoms with E-state index in [1.807, 2.05) is 54.6 Å². The summed E-state index contributed by atoms with van der Waals surface area (Å²) in [5.74, 6) is 0.0826. The highest BCUT2D eigenvalue weighted by molar-refractivity contribution is 5.97. The van der Waals surface area contributed by atoms with Crippen LogP contribution in [0.4, 0.5) is 5.69 Å². The zero-order valence-corrected chi connectivity index (χ0v) is 17.1. The third-order valence-corrected chi connectivity index (χ3v) is 5.03. The maximum absolute atomic E-state index is 12.1. The standard InChI is InChI=1S/C25H23N3O3/c1-25(26,16-29)24(30)27-21-13-11-19(12-14-21)22-15-31-23(28-22)20-9-7-18(8-10-20)17-5-3-2-4-6-17/h2-15,29H,16,26H2,1H3,(H,27,30)/t25-/m0/s1. The summed E-state index contributed by atoms with van der Waals surface area (Å²) in [5, 5.41) is 11.9. The summed E-state index contributed by atoms with van der Waals surface area (Å²) >= 11 is 0. The fourth-order valence-electron chi connectivity index (χ4n) is 3.04. The van der Waals surface area contributed by atoms with E-state index in [1.54, 1.807) is 18.4 Å². The largest absolute Gasteiger partial charge is 0.444 e. The van der Waals surface area contributed by atoms with Gasteiger partial charge in [-0.3, -0.25) is 4.79 Å². The molecule has 156 valence electrons. The molecule has 0 fully saturated rings. The second-order valence-electron chi connectivity index (χ2n) is 7.59. The average Bonchev–Trinajstić information content (AvgIpc) is 3.30. The summed E-state index contributed by atoms with van der Waals surface area (Å²) in [4.78, 5) is 16.7. The molecule has 4 rings (SSSR count). The third kappa shape index (κ3) is 4.55. The monoisotopic (exact) mass is 413 g/mol. The Morgan fingerprint density at radius 3 is 2.16 bits per heavy atom. The maximum atomic E-state index is 12.1. The number of hydrogen-bond donors (Lipinski definition) is 3. The van der Waals surface area contributed by atoms with Gasteiger partial charge in [0.15, 0.2) is 0 Å². The number of anilines is 1. The van der Waals surface area contributed by atoms with Crippen LogP contribution in [0.1, 0.15) is 6.92 Å². The number of oxazole rings is 1. The van der Waals surface area contributed by atoms with Gasteiger partial charge < -0.3 is 20.6 Å². The van der Waals surface area contributed by atoms with Gasteiger partial charge in [0.05, 0.1) is 6.61 Å². The lowest BCUT2D eigenvalue weighted by Gasteiger charge is -2.20. The van der Waals surface area contributed by atoms with Gasteiger partial charge in [0.25, 0.3) is 0 Å². The van der Waals surface area contributed by atoms with Crippen LogP contribution in [0.5, 0.6) is 0 Å². The Balaban J connectivity index is 1.48. The van der Waals surface area contributed by atoms with Crippen LogP contribution in [0.25, 0.3) is 33.8 Å². The Bertz CT molecular complexity index is 1160. The van der Waals surface area contributed by atoms with Gasteiger partial charge in [0, 0.05) is 16.8 Å². The number of amides is 1. The summed E-state index contributed by atoms with van der Waals surface area (Å²) in [6, 6.07) is 25.4. The SMILES string of the molecule is C[C@](N)(CO)C(=O)Nc1ccc(-c2coc(-c3ccc(-c4ccccc4)cc3)n2)cc1. The van der Waals surface area contributed by atoms with Crippen LogP contribution in [0.3, 0.4) is 0 Å². The Morgan fingerprint density at radius 2 is 1.52 bits per heavy atom. The van der Waals surface area contributed by atoms with E-state index in [2.05, 4.69) is 22.4 Å². The van der Waals surface area contributed by atoms with Gasteiger partial charge >= 0.3 is 0 Å². The molecule has 0 aliphatic rings. The molecule has 31 heavy (non-hydrogen) atoms. The Hall–Kier alpha value is -3.74. The van der Waals surface area contributed by atoms with Gasteiger partial charge in [-0.1, -0.05) is 54.6 Å². The van der Waals surface area contributed by atoms with E-state index >= 15 is 0 Å². The lowest BCUT2D eigenvalue weighted by molar-refractivity contribution is -0.121. The van der Waals surface area contributed by atoms with Crippen LogP contribution in [0, 0.1) is 0 Å². The smallest absolute Gasteiger partial charge is 0.246 e. The fraction of sp³-hybridized carbons (Fsp3) is 0.120. The van der Waals surface area contributed by atoms with E-state index in [9.17, 15) is 9.90 Å². The molecule has 0 aliphatic carbocycles. The van der Waals surface area contributed by atoms with Crippen molar-refractivity contribution in [1.29, 1.82) is 0 Å². The summed E-state index contributed by atoms with van der Waals surface area (Å²) in [5.41, 5.74) is 9.71. The second kappa shape index (κ2) is 8.55. The Kier molecular flexibility index (Phi) is 5.66. The van der Waals surface area contributed by atoms with Gasteiger partial charge in [0.1, 0.15) is 17.5 Å². The minimum Gasteiger partial charge on any atom is -0.444 e. The van der Waals surface area contributed by atoms with E-state index in [-0.39, 0.29) is 0 Å². The molecule has 1 atom stereocenters. The molecule has 0 saturated carbocycles. The molecule has 0 bridgehead atoms. The number of nitrogens with two attached hydrogens (primary N) is 1. The summed E-state index contributed by atoms with van der Waals surface area (Å²) < 4.78 is 5.68. The molecule has 3 aromatic carbocycles. The van der Waals surface area contributed by atoms with Crippen LogP contribution in [0.2, 0.25) is 0 Å². The summed E-state index contributed by atoms with van der Waals surface area (Å²) in [6.07, 6.45) is 1.61. The van der Waals surface area contributed by atoms with Crippen LogP contribution >= 0.6 is 0 Å². The number of carbonyl (C=O) groups is 1. The molecule has 1 aromatic heterocycles. The molecule has 1 amide bonds. The summed E-state index contributed by atoms with van der Waals surface area (Å²) in [6.45, 7) is 1.03. The van der Waals surface area contributed by atoms with Crippen molar-refractivity contribution in [3.05, 3.63) is 85.1 Å². The first kappa shape index (κ1) is 20.5. The minimum atomic E-state index is -1.34. The maximum Gasteiger partial charge on any atom is 0.246 e. The lowest BCUT2D eigenvalue weighted by atomic mass is 10.0. The normalized spacial score (nSPS) is 12.9. The van der Waals surface area contributed by atoms with E-state index in [0.29, 0.717) is 17.3 Å². The van der Waals surface area contributed by atoms with Crippen molar-refractivity contribution < 1.29 is 14.3 Å². The predicted octanol–water partition coefficient (Wildman–Crippen LogP) is 4.32. The van der Waals surface area contributed by atoms with Gasteiger partial charge in [-0.25, -0.2) is 4.98 Å². The first-order valence-corrected chi connectivity index (χ1v) is 9.89.